The molecule has 29 heavy (non-hydrogen) atoms. The first kappa shape index (κ1) is 21.2. The van der Waals surface area contributed by atoms with Crippen molar-refractivity contribution in [3.05, 3.63) is 68.0 Å². The molecule has 0 unspecified atom stereocenters. The predicted molar refractivity (Wildman–Crippen MR) is 112 cm³/mol. The van der Waals surface area contributed by atoms with Crippen molar-refractivity contribution < 1.29 is 24.2 Å². The Morgan fingerprint density at radius 1 is 1.21 bits per heavy atom. The Balaban J connectivity index is 1.78. The van der Waals surface area contributed by atoms with Crippen LogP contribution in [0.3, 0.4) is 0 Å². The first-order valence-electron chi connectivity index (χ1n) is 8.39. The maximum Gasteiger partial charge on any atom is 0.323 e. The van der Waals surface area contributed by atoms with Crippen molar-refractivity contribution in [2.75, 3.05) is 6.54 Å². The quantitative estimate of drug-likeness (QED) is 0.621. The molecule has 6 nitrogen and oxygen atoms in total. The van der Waals surface area contributed by atoms with Gasteiger partial charge in [0, 0.05) is 0 Å². The summed E-state index contributed by atoms with van der Waals surface area (Å²) in [6, 6.07) is 10.9. The van der Waals surface area contributed by atoms with Gasteiger partial charge in [0.05, 0.1) is 15.0 Å². The molecule has 0 aliphatic carbocycles. The van der Waals surface area contributed by atoms with Gasteiger partial charge in [-0.15, -0.1) is 0 Å². The van der Waals surface area contributed by atoms with Gasteiger partial charge in [-0.3, -0.25) is 19.3 Å². The maximum absolute atomic E-state index is 12.2. The molecule has 2 aromatic rings. The fourth-order valence-electron chi connectivity index (χ4n) is 2.68. The average molecular weight is 452 g/mol. The van der Waals surface area contributed by atoms with E-state index in [1.807, 2.05) is 31.2 Å². The number of carboxylic acid groups (broad SMARTS) is 1. The lowest BCUT2D eigenvalue weighted by atomic mass is 10.1. The van der Waals surface area contributed by atoms with Gasteiger partial charge in [-0.2, -0.15) is 0 Å². The number of carbonyl (C=O) groups is 3. The molecule has 0 atom stereocenters. The van der Waals surface area contributed by atoms with Gasteiger partial charge in [0.25, 0.3) is 11.1 Å². The number of aryl methyl sites for hydroxylation is 1. The van der Waals surface area contributed by atoms with Crippen molar-refractivity contribution in [3.63, 3.8) is 0 Å². The van der Waals surface area contributed by atoms with Crippen molar-refractivity contribution in [2.45, 2.75) is 13.5 Å². The van der Waals surface area contributed by atoms with Crippen LogP contribution in [0, 0.1) is 6.92 Å². The fourth-order valence-corrected chi connectivity index (χ4v) is 4.13. The van der Waals surface area contributed by atoms with Gasteiger partial charge in [-0.1, -0.05) is 53.0 Å². The summed E-state index contributed by atoms with van der Waals surface area (Å²) >= 11 is 13.3. The van der Waals surface area contributed by atoms with Gasteiger partial charge in [-0.25, -0.2) is 0 Å². The van der Waals surface area contributed by atoms with E-state index >= 15 is 0 Å². The molecule has 9 heteroatoms. The second kappa shape index (κ2) is 8.90. The van der Waals surface area contributed by atoms with E-state index in [2.05, 4.69) is 0 Å². The molecule has 1 heterocycles. The van der Waals surface area contributed by atoms with E-state index in [0.29, 0.717) is 28.0 Å². The number of rotatable bonds is 6. The number of nitrogens with zero attached hydrogens (tertiary/aromatic N) is 1. The minimum atomic E-state index is -1.27. The molecule has 1 aliphatic heterocycles. The topological polar surface area (TPSA) is 83.9 Å². The highest BCUT2D eigenvalue weighted by atomic mass is 35.5. The third kappa shape index (κ3) is 5.12. The third-order valence-corrected chi connectivity index (χ3v) is 5.42. The van der Waals surface area contributed by atoms with E-state index < -0.39 is 23.7 Å². The van der Waals surface area contributed by atoms with Crippen LogP contribution >= 0.6 is 35.0 Å². The van der Waals surface area contributed by atoms with Gasteiger partial charge >= 0.3 is 5.97 Å². The average Bonchev–Trinajstić information content (AvgIpc) is 2.88. The van der Waals surface area contributed by atoms with Gasteiger partial charge in [0.2, 0.25) is 0 Å². The van der Waals surface area contributed by atoms with Crippen molar-refractivity contribution in [1.82, 2.24) is 4.90 Å². The number of carboxylic acids is 1. The maximum atomic E-state index is 12.2. The fraction of sp³-hybridized carbons (Fsp3) is 0.150. The van der Waals surface area contributed by atoms with Crippen LogP contribution < -0.4 is 4.74 Å². The summed E-state index contributed by atoms with van der Waals surface area (Å²) < 4.78 is 5.75. The molecule has 0 aromatic heterocycles. The molecular formula is C20H15Cl2NO5S. The van der Waals surface area contributed by atoms with Gasteiger partial charge < -0.3 is 9.84 Å². The first-order chi connectivity index (χ1) is 13.7. The van der Waals surface area contributed by atoms with Crippen molar-refractivity contribution >= 4 is 58.2 Å². The second-order valence-corrected chi connectivity index (χ2v) is 8.06. The number of carbonyl (C=O) groups excluding carboxylic acids is 2. The number of amides is 2. The van der Waals surface area contributed by atoms with Crippen molar-refractivity contribution in [3.8, 4) is 5.75 Å². The molecule has 0 radical (unpaired) electrons. The molecular weight excluding hydrogens is 437 g/mol. The zero-order chi connectivity index (χ0) is 21.1. The number of benzene rings is 2. The molecule has 1 N–H and O–H groups in total. The zero-order valence-corrected chi connectivity index (χ0v) is 17.5. The summed E-state index contributed by atoms with van der Waals surface area (Å²) in [7, 11) is 0. The normalized spacial score (nSPS) is 15.3. The van der Waals surface area contributed by atoms with Crippen LogP contribution in [0.15, 0.2) is 41.3 Å². The summed E-state index contributed by atoms with van der Waals surface area (Å²) in [5, 5.41) is 8.68. The molecule has 0 bridgehead atoms. The van der Waals surface area contributed by atoms with E-state index in [0.717, 1.165) is 11.1 Å². The Labute approximate surface area is 181 Å². The number of aliphatic carboxylic acids is 1. The Bertz CT molecular complexity index is 1010. The minimum Gasteiger partial charge on any atom is -0.486 e. The molecule has 150 valence electrons. The Morgan fingerprint density at radius 2 is 1.90 bits per heavy atom. The monoisotopic (exact) mass is 451 g/mol. The first-order valence-corrected chi connectivity index (χ1v) is 9.96. The lowest BCUT2D eigenvalue weighted by Crippen LogP contribution is -2.33. The molecule has 3 rings (SSSR count). The van der Waals surface area contributed by atoms with Crippen LogP contribution in [0.25, 0.3) is 6.08 Å². The number of halogens is 2. The van der Waals surface area contributed by atoms with Crippen LogP contribution in [-0.2, 0) is 16.2 Å². The molecule has 1 fully saturated rings. The van der Waals surface area contributed by atoms with Crippen molar-refractivity contribution in [2.24, 2.45) is 0 Å². The highest BCUT2D eigenvalue weighted by Gasteiger charge is 2.36. The van der Waals surface area contributed by atoms with Crippen LogP contribution in [0.1, 0.15) is 16.7 Å². The van der Waals surface area contributed by atoms with Gasteiger partial charge in [0.15, 0.2) is 5.75 Å². The molecule has 1 aliphatic rings. The molecule has 0 saturated carbocycles. The summed E-state index contributed by atoms with van der Waals surface area (Å²) in [6.07, 6.45) is 1.44. The third-order valence-electron chi connectivity index (χ3n) is 3.95. The molecule has 0 spiro atoms. The number of hydrogen-bond donors (Lipinski definition) is 1. The van der Waals surface area contributed by atoms with Crippen LogP contribution in [0.2, 0.25) is 10.0 Å². The highest BCUT2D eigenvalue weighted by molar-refractivity contribution is 8.18. The van der Waals surface area contributed by atoms with E-state index in [1.165, 1.54) is 6.08 Å². The van der Waals surface area contributed by atoms with E-state index in [9.17, 15) is 14.4 Å². The number of imide groups is 1. The SMILES string of the molecule is Cc1cccc(COc2c(Cl)cc(/C=C3/SC(=O)N(CC(=O)O)C3=O)cc2Cl)c1. The number of ether oxygens (including phenoxy) is 1. The summed E-state index contributed by atoms with van der Waals surface area (Å²) in [6.45, 7) is 1.58. The Kier molecular flexibility index (Phi) is 6.52. The Morgan fingerprint density at radius 3 is 2.52 bits per heavy atom. The largest absolute Gasteiger partial charge is 0.486 e. The van der Waals surface area contributed by atoms with E-state index in [4.69, 9.17) is 33.0 Å². The zero-order valence-electron chi connectivity index (χ0n) is 15.1. The van der Waals surface area contributed by atoms with E-state index in [1.54, 1.807) is 12.1 Å². The molecule has 2 amide bonds. The van der Waals surface area contributed by atoms with Crippen LogP contribution in [0.4, 0.5) is 4.79 Å². The number of hydrogen-bond acceptors (Lipinski definition) is 5. The summed E-state index contributed by atoms with van der Waals surface area (Å²) in [5.74, 6) is -1.63. The van der Waals surface area contributed by atoms with Crippen LogP contribution in [0.5, 0.6) is 5.75 Å². The van der Waals surface area contributed by atoms with Crippen LogP contribution in [-0.4, -0.2) is 33.7 Å². The predicted octanol–water partition coefficient (Wildman–Crippen LogP) is 5.00. The van der Waals surface area contributed by atoms with Gasteiger partial charge in [0.1, 0.15) is 13.2 Å². The highest BCUT2D eigenvalue weighted by Crippen LogP contribution is 2.37. The van der Waals surface area contributed by atoms with Crippen molar-refractivity contribution in [1.29, 1.82) is 0 Å². The van der Waals surface area contributed by atoms with Gasteiger partial charge in [-0.05, 0) is 48.0 Å². The minimum absolute atomic E-state index is 0.0943. The standard InChI is InChI=1S/C20H15Cl2NO5S/c1-11-3-2-4-12(5-11)10-28-18-14(21)6-13(7-15(18)22)8-16-19(26)23(9-17(24)25)20(27)29-16/h2-8H,9-10H2,1H3,(H,24,25)/b16-8+. The lowest BCUT2D eigenvalue weighted by Gasteiger charge is -2.11. The summed E-state index contributed by atoms with van der Waals surface area (Å²) in [4.78, 5) is 35.6. The smallest absolute Gasteiger partial charge is 0.323 e. The van der Waals surface area contributed by atoms with E-state index in [-0.39, 0.29) is 21.6 Å². The second-order valence-electron chi connectivity index (χ2n) is 6.25. The summed E-state index contributed by atoms with van der Waals surface area (Å²) in [5.41, 5.74) is 2.56. The Hall–Kier alpha value is -2.48. The molecule has 1 saturated heterocycles. The lowest BCUT2D eigenvalue weighted by molar-refractivity contribution is -0.140. The molecule has 2 aromatic carbocycles. The number of thioether (sulfide) groups is 1.